The predicted molar refractivity (Wildman–Crippen MR) is 63.0 cm³/mol. The second-order valence-electron chi connectivity index (χ2n) is 4.98. The molecular formula is C13H20O3. The van der Waals surface area contributed by atoms with Crippen LogP contribution in [-0.2, 0) is 13.0 Å². The van der Waals surface area contributed by atoms with Crippen molar-refractivity contribution in [3.8, 4) is 0 Å². The Hall–Kier alpha value is -0.900. The van der Waals surface area contributed by atoms with Crippen LogP contribution in [0.25, 0.3) is 0 Å². The Bertz CT molecular complexity index is 333. The van der Waals surface area contributed by atoms with Crippen LogP contribution in [0.15, 0.2) is 24.3 Å². The van der Waals surface area contributed by atoms with E-state index in [1.807, 2.05) is 24.3 Å². The molecule has 0 saturated carbocycles. The monoisotopic (exact) mass is 224 g/mol. The molecule has 1 aromatic rings. The van der Waals surface area contributed by atoms with Gasteiger partial charge in [-0.05, 0) is 31.9 Å². The Morgan fingerprint density at radius 3 is 1.75 bits per heavy atom. The largest absolute Gasteiger partial charge is 0.392 e. The van der Waals surface area contributed by atoms with Gasteiger partial charge in [-0.1, -0.05) is 24.3 Å². The van der Waals surface area contributed by atoms with E-state index in [1.165, 1.54) is 0 Å². The van der Waals surface area contributed by atoms with Gasteiger partial charge in [0.1, 0.15) is 0 Å². The average Bonchev–Trinajstić information content (AvgIpc) is 2.16. The zero-order valence-electron chi connectivity index (χ0n) is 10.1. The molecule has 0 saturated heterocycles. The van der Waals surface area contributed by atoms with Gasteiger partial charge in [0.25, 0.3) is 0 Å². The summed E-state index contributed by atoms with van der Waals surface area (Å²) in [5, 5.41) is 28.8. The molecule has 0 amide bonds. The van der Waals surface area contributed by atoms with E-state index in [-0.39, 0.29) is 6.61 Å². The van der Waals surface area contributed by atoms with E-state index in [4.69, 9.17) is 5.11 Å². The van der Waals surface area contributed by atoms with Crippen molar-refractivity contribution in [2.75, 3.05) is 0 Å². The van der Waals surface area contributed by atoms with E-state index in [0.717, 1.165) is 11.1 Å². The second kappa shape index (κ2) is 4.53. The normalized spacial score (nSPS) is 15.9. The number of hydrogen-bond donors (Lipinski definition) is 3. The number of aliphatic hydroxyl groups excluding tert-OH is 1. The molecule has 1 unspecified atom stereocenters. The molecule has 0 radical (unpaired) electrons. The third kappa shape index (κ3) is 3.04. The lowest BCUT2D eigenvalue weighted by Gasteiger charge is -2.35. The first-order valence-corrected chi connectivity index (χ1v) is 5.40. The SMILES string of the molecule is CC(C)(O)C(C)(O)Cc1ccc(CO)cc1. The molecule has 0 aliphatic carbocycles. The molecule has 1 rings (SSSR count). The van der Waals surface area contributed by atoms with Crippen molar-refractivity contribution >= 4 is 0 Å². The number of rotatable bonds is 4. The Balaban J connectivity index is 2.80. The van der Waals surface area contributed by atoms with E-state index in [0.29, 0.717) is 6.42 Å². The highest BCUT2D eigenvalue weighted by Crippen LogP contribution is 2.25. The summed E-state index contributed by atoms with van der Waals surface area (Å²) in [6.07, 6.45) is 0.377. The molecule has 0 aliphatic rings. The van der Waals surface area contributed by atoms with E-state index >= 15 is 0 Å². The highest BCUT2D eigenvalue weighted by molar-refractivity contribution is 5.23. The van der Waals surface area contributed by atoms with Gasteiger partial charge in [0.15, 0.2) is 0 Å². The van der Waals surface area contributed by atoms with Gasteiger partial charge in [0.05, 0.1) is 17.8 Å². The Labute approximate surface area is 96.4 Å². The minimum atomic E-state index is -1.17. The molecule has 3 nitrogen and oxygen atoms in total. The maximum Gasteiger partial charge on any atom is 0.0940 e. The zero-order valence-corrected chi connectivity index (χ0v) is 10.1. The summed E-state index contributed by atoms with van der Waals surface area (Å²) < 4.78 is 0. The fourth-order valence-corrected chi connectivity index (χ4v) is 1.38. The molecule has 90 valence electrons. The summed E-state index contributed by atoms with van der Waals surface area (Å²) in [5.74, 6) is 0. The van der Waals surface area contributed by atoms with Gasteiger partial charge in [-0.2, -0.15) is 0 Å². The molecule has 1 atom stereocenters. The Morgan fingerprint density at radius 2 is 1.38 bits per heavy atom. The lowest BCUT2D eigenvalue weighted by Crippen LogP contribution is -2.49. The molecule has 3 heteroatoms. The minimum absolute atomic E-state index is 0.0160. The van der Waals surface area contributed by atoms with Crippen LogP contribution in [0.3, 0.4) is 0 Å². The molecule has 16 heavy (non-hydrogen) atoms. The molecule has 3 N–H and O–H groups in total. The number of benzene rings is 1. The maximum atomic E-state index is 10.1. The molecule has 0 aromatic heterocycles. The first kappa shape index (κ1) is 13.2. The van der Waals surface area contributed by atoms with Crippen molar-refractivity contribution < 1.29 is 15.3 Å². The first-order valence-electron chi connectivity index (χ1n) is 5.40. The van der Waals surface area contributed by atoms with Gasteiger partial charge >= 0.3 is 0 Å². The fourth-order valence-electron chi connectivity index (χ4n) is 1.38. The van der Waals surface area contributed by atoms with Crippen molar-refractivity contribution in [2.24, 2.45) is 0 Å². The van der Waals surface area contributed by atoms with Crippen molar-refractivity contribution in [1.82, 2.24) is 0 Å². The highest BCUT2D eigenvalue weighted by atomic mass is 16.4. The van der Waals surface area contributed by atoms with Crippen LogP contribution in [0.4, 0.5) is 0 Å². The lowest BCUT2D eigenvalue weighted by atomic mass is 9.82. The number of hydrogen-bond acceptors (Lipinski definition) is 3. The molecule has 0 heterocycles. The zero-order chi connectivity index (χ0) is 12.4. The van der Waals surface area contributed by atoms with Crippen LogP contribution in [-0.4, -0.2) is 26.5 Å². The topological polar surface area (TPSA) is 60.7 Å². The van der Waals surface area contributed by atoms with Crippen LogP contribution in [0.2, 0.25) is 0 Å². The van der Waals surface area contributed by atoms with Gasteiger partial charge in [0, 0.05) is 6.42 Å². The van der Waals surface area contributed by atoms with Gasteiger partial charge in [-0.25, -0.2) is 0 Å². The van der Waals surface area contributed by atoms with E-state index in [1.54, 1.807) is 20.8 Å². The summed E-state index contributed by atoms with van der Waals surface area (Å²) in [4.78, 5) is 0. The van der Waals surface area contributed by atoms with Gasteiger partial charge in [-0.3, -0.25) is 0 Å². The fraction of sp³-hybridized carbons (Fsp3) is 0.538. The van der Waals surface area contributed by atoms with E-state index in [9.17, 15) is 10.2 Å². The highest BCUT2D eigenvalue weighted by Gasteiger charge is 2.37. The maximum absolute atomic E-state index is 10.1. The summed E-state index contributed by atoms with van der Waals surface area (Å²) in [5.41, 5.74) is -0.549. The Kier molecular flexibility index (Phi) is 3.73. The van der Waals surface area contributed by atoms with Crippen LogP contribution >= 0.6 is 0 Å². The predicted octanol–water partition coefficient (Wildman–Crippen LogP) is 1.24. The summed E-state index contributed by atoms with van der Waals surface area (Å²) in [6, 6.07) is 7.34. The lowest BCUT2D eigenvalue weighted by molar-refractivity contribution is -0.118. The van der Waals surface area contributed by atoms with Gasteiger partial charge in [-0.15, -0.1) is 0 Å². The molecular weight excluding hydrogens is 204 g/mol. The van der Waals surface area contributed by atoms with Crippen molar-refractivity contribution in [3.05, 3.63) is 35.4 Å². The van der Waals surface area contributed by atoms with Crippen molar-refractivity contribution in [1.29, 1.82) is 0 Å². The van der Waals surface area contributed by atoms with Gasteiger partial charge < -0.3 is 15.3 Å². The van der Waals surface area contributed by atoms with Crippen molar-refractivity contribution in [2.45, 2.75) is 45.0 Å². The Morgan fingerprint density at radius 1 is 0.938 bits per heavy atom. The number of aliphatic hydroxyl groups is 3. The summed E-state index contributed by atoms with van der Waals surface area (Å²) >= 11 is 0. The molecule has 0 bridgehead atoms. The minimum Gasteiger partial charge on any atom is -0.392 e. The van der Waals surface area contributed by atoms with Crippen molar-refractivity contribution in [3.63, 3.8) is 0 Å². The van der Waals surface area contributed by atoms with E-state index < -0.39 is 11.2 Å². The molecule has 1 aromatic carbocycles. The van der Waals surface area contributed by atoms with Crippen LogP contribution < -0.4 is 0 Å². The van der Waals surface area contributed by atoms with Crippen LogP contribution in [0, 0.1) is 0 Å². The molecule has 0 fully saturated rings. The van der Waals surface area contributed by atoms with E-state index in [2.05, 4.69) is 0 Å². The third-order valence-electron chi connectivity index (χ3n) is 3.07. The third-order valence-corrected chi connectivity index (χ3v) is 3.07. The van der Waals surface area contributed by atoms with Gasteiger partial charge in [0.2, 0.25) is 0 Å². The average molecular weight is 224 g/mol. The molecule has 0 aliphatic heterocycles. The summed E-state index contributed by atoms with van der Waals surface area (Å²) in [6.45, 7) is 4.82. The second-order valence-corrected chi connectivity index (χ2v) is 4.98. The first-order chi connectivity index (χ1) is 7.26. The standard InChI is InChI=1S/C13H20O3/c1-12(2,15)13(3,16)8-10-4-6-11(9-14)7-5-10/h4-7,14-16H,8-9H2,1-3H3. The van der Waals surface area contributed by atoms with Crippen LogP contribution in [0.5, 0.6) is 0 Å². The van der Waals surface area contributed by atoms with Crippen LogP contribution in [0.1, 0.15) is 31.9 Å². The molecule has 0 spiro atoms. The quantitative estimate of drug-likeness (QED) is 0.721. The summed E-state index contributed by atoms with van der Waals surface area (Å²) in [7, 11) is 0. The smallest absolute Gasteiger partial charge is 0.0940 e.